The molecule has 3 rings (SSSR count). The van der Waals surface area contributed by atoms with Gasteiger partial charge < -0.3 is 4.74 Å². The fraction of sp³-hybridized carbons (Fsp3) is 0.625. The molecule has 19 heavy (non-hydrogen) atoms. The molecule has 3 heteroatoms. The van der Waals surface area contributed by atoms with Gasteiger partial charge in [-0.15, -0.1) is 0 Å². The Balaban J connectivity index is 1.57. The highest BCUT2D eigenvalue weighted by Gasteiger charge is 2.30. The Kier molecular flexibility index (Phi) is 4.44. The second kappa shape index (κ2) is 6.27. The molecule has 2 aliphatic rings. The molecule has 0 saturated heterocycles. The number of alkyl halides is 1. The van der Waals surface area contributed by atoms with Gasteiger partial charge in [-0.05, 0) is 37.4 Å². The number of halogens is 1. The molecule has 1 aromatic rings. The van der Waals surface area contributed by atoms with Gasteiger partial charge in [-0.25, -0.2) is 0 Å². The highest BCUT2D eigenvalue weighted by molar-refractivity contribution is 9.09. The maximum absolute atomic E-state index is 6.08. The minimum Gasteiger partial charge on any atom is -0.488 e. The first-order valence-corrected chi connectivity index (χ1v) is 8.53. The Hall–Kier alpha value is -0.540. The largest absolute Gasteiger partial charge is 0.488 e. The molecule has 2 nitrogen and oxygen atoms in total. The van der Waals surface area contributed by atoms with Crippen molar-refractivity contribution in [3.05, 3.63) is 29.8 Å². The van der Waals surface area contributed by atoms with Gasteiger partial charge in [0.2, 0.25) is 0 Å². The molecule has 1 fully saturated rings. The monoisotopic (exact) mass is 323 g/mol. The van der Waals surface area contributed by atoms with Gasteiger partial charge in [0.15, 0.2) is 0 Å². The van der Waals surface area contributed by atoms with Gasteiger partial charge in [0.05, 0.1) is 0 Å². The normalized spacial score (nSPS) is 22.1. The second-order valence-corrected chi connectivity index (χ2v) is 6.47. The topological polar surface area (TPSA) is 12.5 Å². The van der Waals surface area contributed by atoms with Crippen LogP contribution < -0.4 is 4.74 Å². The minimum absolute atomic E-state index is 0.355. The van der Waals surface area contributed by atoms with E-state index in [1.54, 1.807) is 0 Å². The molecule has 104 valence electrons. The summed E-state index contributed by atoms with van der Waals surface area (Å²) in [5, 5.41) is 1.10. The van der Waals surface area contributed by atoms with Crippen LogP contribution in [0, 0.1) is 0 Å². The molecule has 0 spiro atoms. The number of nitrogens with zero attached hydrogens (tertiary/aromatic N) is 1. The quantitative estimate of drug-likeness (QED) is 0.741. The Morgan fingerprint density at radius 3 is 2.79 bits per heavy atom. The highest BCUT2D eigenvalue weighted by atomic mass is 79.9. The Morgan fingerprint density at radius 2 is 2.11 bits per heavy atom. The molecule has 1 atom stereocenters. The molecule has 0 radical (unpaired) electrons. The van der Waals surface area contributed by atoms with E-state index in [1.165, 1.54) is 37.8 Å². The van der Waals surface area contributed by atoms with Crippen molar-refractivity contribution in [3.63, 3.8) is 0 Å². The van der Waals surface area contributed by atoms with Gasteiger partial charge >= 0.3 is 0 Å². The van der Waals surface area contributed by atoms with Crippen LogP contribution in [0.4, 0.5) is 0 Å². The third kappa shape index (κ3) is 3.14. The van der Waals surface area contributed by atoms with Crippen LogP contribution in [0.3, 0.4) is 0 Å². The SMILES string of the molecule is BrCCCN(CC1Cc2ccccc2O1)C1CCC1. The number of benzene rings is 1. The molecule has 1 heterocycles. The maximum atomic E-state index is 6.08. The van der Waals surface area contributed by atoms with Crippen molar-refractivity contribution in [2.75, 3.05) is 18.4 Å². The van der Waals surface area contributed by atoms with E-state index < -0.39 is 0 Å². The molecule has 1 aliphatic carbocycles. The predicted molar refractivity (Wildman–Crippen MR) is 82.2 cm³/mol. The van der Waals surface area contributed by atoms with E-state index in [1.807, 2.05) is 0 Å². The first-order valence-electron chi connectivity index (χ1n) is 7.41. The summed E-state index contributed by atoms with van der Waals surface area (Å²) in [5.41, 5.74) is 1.38. The standard InChI is InChI=1S/C16H22BrNO/c17-9-4-10-18(14-6-3-7-14)12-15-11-13-5-1-2-8-16(13)19-15/h1-2,5,8,14-15H,3-4,6-7,9-12H2. The Morgan fingerprint density at radius 1 is 1.26 bits per heavy atom. The summed E-state index contributed by atoms with van der Waals surface area (Å²) in [6, 6.07) is 9.28. The Bertz CT molecular complexity index is 394. The Labute approximate surface area is 124 Å². The minimum atomic E-state index is 0.355. The van der Waals surface area contributed by atoms with E-state index in [-0.39, 0.29) is 0 Å². The summed E-state index contributed by atoms with van der Waals surface area (Å²) in [6.07, 6.45) is 6.82. The lowest BCUT2D eigenvalue weighted by Crippen LogP contribution is -2.45. The summed E-state index contributed by atoms with van der Waals surface area (Å²) >= 11 is 3.55. The van der Waals surface area contributed by atoms with Gasteiger partial charge in [0.1, 0.15) is 11.9 Å². The van der Waals surface area contributed by atoms with E-state index >= 15 is 0 Å². The first kappa shape index (κ1) is 13.4. The summed E-state index contributed by atoms with van der Waals surface area (Å²) in [5.74, 6) is 1.10. The molecule has 0 bridgehead atoms. The third-order valence-electron chi connectivity index (χ3n) is 4.32. The third-order valence-corrected chi connectivity index (χ3v) is 4.88. The van der Waals surface area contributed by atoms with Crippen LogP contribution >= 0.6 is 15.9 Å². The van der Waals surface area contributed by atoms with Crippen LogP contribution in [-0.2, 0) is 6.42 Å². The zero-order valence-electron chi connectivity index (χ0n) is 11.4. The van der Waals surface area contributed by atoms with Crippen molar-refractivity contribution < 1.29 is 4.74 Å². The van der Waals surface area contributed by atoms with Gasteiger partial charge in [-0.3, -0.25) is 4.90 Å². The number of hydrogen-bond donors (Lipinski definition) is 0. The molecule has 1 aliphatic heterocycles. The number of para-hydroxylation sites is 1. The number of fused-ring (bicyclic) bond motifs is 1. The molecule has 0 aromatic heterocycles. The van der Waals surface area contributed by atoms with Crippen LogP contribution in [0.25, 0.3) is 0 Å². The van der Waals surface area contributed by atoms with Crippen molar-refractivity contribution >= 4 is 15.9 Å². The first-order chi connectivity index (χ1) is 9.36. The van der Waals surface area contributed by atoms with Crippen LogP contribution in [0.5, 0.6) is 5.75 Å². The summed E-state index contributed by atoms with van der Waals surface area (Å²) in [7, 11) is 0. The molecule has 0 amide bonds. The van der Waals surface area contributed by atoms with E-state index in [2.05, 4.69) is 45.1 Å². The van der Waals surface area contributed by atoms with Crippen LogP contribution in [0.15, 0.2) is 24.3 Å². The molecule has 0 N–H and O–H groups in total. The van der Waals surface area contributed by atoms with Crippen molar-refractivity contribution in [2.24, 2.45) is 0 Å². The van der Waals surface area contributed by atoms with Gasteiger partial charge in [-0.2, -0.15) is 0 Å². The van der Waals surface area contributed by atoms with E-state index in [9.17, 15) is 0 Å². The van der Waals surface area contributed by atoms with Crippen molar-refractivity contribution in [1.82, 2.24) is 4.90 Å². The molecular formula is C16H22BrNO. The predicted octanol–water partition coefficient (Wildman–Crippen LogP) is 3.63. The number of hydrogen-bond acceptors (Lipinski definition) is 2. The molecule has 1 saturated carbocycles. The fourth-order valence-electron chi connectivity index (χ4n) is 3.05. The summed E-state index contributed by atoms with van der Waals surface area (Å²) in [6.45, 7) is 2.29. The number of ether oxygens (including phenoxy) is 1. The number of rotatable bonds is 6. The summed E-state index contributed by atoms with van der Waals surface area (Å²) in [4.78, 5) is 2.65. The van der Waals surface area contributed by atoms with Crippen LogP contribution in [0.1, 0.15) is 31.2 Å². The molecule has 1 unspecified atom stereocenters. The summed E-state index contributed by atoms with van der Waals surface area (Å²) < 4.78 is 6.08. The van der Waals surface area contributed by atoms with Crippen molar-refractivity contribution in [2.45, 2.75) is 44.2 Å². The van der Waals surface area contributed by atoms with Crippen molar-refractivity contribution in [1.29, 1.82) is 0 Å². The van der Waals surface area contributed by atoms with E-state index in [0.29, 0.717) is 6.10 Å². The average Bonchev–Trinajstić information content (AvgIpc) is 2.76. The smallest absolute Gasteiger partial charge is 0.123 e. The van der Waals surface area contributed by atoms with Crippen LogP contribution in [0.2, 0.25) is 0 Å². The molecule has 1 aromatic carbocycles. The van der Waals surface area contributed by atoms with Crippen LogP contribution in [-0.4, -0.2) is 35.5 Å². The lowest BCUT2D eigenvalue weighted by Gasteiger charge is -2.38. The zero-order chi connectivity index (χ0) is 13.1. The molecular weight excluding hydrogens is 302 g/mol. The lowest BCUT2D eigenvalue weighted by atomic mass is 9.91. The fourth-order valence-corrected chi connectivity index (χ4v) is 3.31. The van der Waals surface area contributed by atoms with Gasteiger partial charge in [0.25, 0.3) is 0 Å². The van der Waals surface area contributed by atoms with Gasteiger partial charge in [0, 0.05) is 24.3 Å². The maximum Gasteiger partial charge on any atom is 0.123 e. The second-order valence-electron chi connectivity index (χ2n) is 5.67. The van der Waals surface area contributed by atoms with E-state index in [0.717, 1.165) is 30.1 Å². The van der Waals surface area contributed by atoms with Gasteiger partial charge in [-0.1, -0.05) is 40.5 Å². The van der Waals surface area contributed by atoms with Crippen molar-refractivity contribution in [3.8, 4) is 5.75 Å². The van der Waals surface area contributed by atoms with E-state index in [4.69, 9.17) is 4.74 Å². The highest BCUT2D eigenvalue weighted by Crippen LogP contribution is 2.31. The lowest BCUT2D eigenvalue weighted by molar-refractivity contribution is 0.0789. The average molecular weight is 324 g/mol. The zero-order valence-corrected chi connectivity index (χ0v) is 12.9.